The minimum Gasteiger partial charge on any atom is -0.508 e. The Hall–Kier alpha value is -3.02. The van der Waals surface area contributed by atoms with Gasteiger partial charge in [-0.2, -0.15) is 0 Å². The highest BCUT2D eigenvalue weighted by Gasteiger charge is 2.33. The molecule has 0 saturated heterocycles. The van der Waals surface area contributed by atoms with Crippen LogP contribution in [0, 0.1) is 0 Å². The van der Waals surface area contributed by atoms with Crippen molar-refractivity contribution in [1.29, 1.82) is 0 Å². The lowest BCUT2D eigenvalue weighted by Crippen LogP contribution is -2.15. The van der Waals surface area contributed by atoms with Gasteiger partial charge >= 0.3 is 0 Å². The number of allylic oxidation sites excluding steroid dienone is 3. The van der Waals surface area contributed by atoms with E-state index in [2.05, 4.69) is 6.58 Å². The molecule has 1 aliphatic carbocycles. The molecule has 0 unspecified atom stereocenters. The van der Waals surface area contributed by atoms with Crippen LogP contribution in [0.5, 0.6) is 5.75 Å². The number of aliphatic hydroxyl groups is 1. The van der Waals surface area contributed by atoms with Gasteiger partial charge in [0.1, 0.15) is 11.5 Å². The van der Waals surface area contributed by atoms with Gasteiger partial charge in [0.2, 0.25) is 0 Å². The fourth-order valence-electron chi connectivity index (χ4n) is 2.43. The maximum absolute atomic E-state index is 12.8. The van der Waals surface area contributed by atoms with Crippen molar-refractivity contribution >= 4 is 17.3 Å². The molecule has 6 N–H and O–H groups in total. The Morgan fingerprint density at radius 1 is 1.32 bits per heavy atom. The zero-order valence-electron chi connectivity index (χ0n) is 12.0. The van der Waals surface area contributed by atoms with E-state index in [0.717, 1.165) is 0 Å². The summed E-state index contributed by atoms with van der Waals surface area (Å²) in [6.45, 7) is 4.99. The van der Waals surface area contributed by atoms with Crippen molar-refractivity contribution in [2.45, 2.75) is 13.3 Å². The number of phenols is 1. The Morgan fingerprint density at radius 3 is 2.50 bits per heavy atom. The van der Waals surface area contributed by atoms with Crippen LogP contribution >= 0.6 is 0 Å². The summed E-state index contributed by atoms with van der Waals surface area (Å²) < 4.78 is 0. The molecule has 0 aliphatic heterocycles. The first-order chi connectivity index (χ1) is 10.3. The standard InChI is InChI=1S/C16H16N2O4/c1-3-9(17)13-8(7(2)19)6-12(21)14-10(18)4-5-11(20)15(14)16(13)22/h3-5,19-20H,2,6,17-18H2,1H3/b9-3+. The Bertz CT molecular complexity index is 773. The van der Waals surface area contributed by atoms with Gasteiger partial charge in [-0.25, -0.2) is 0 Å². The van der Waals surface area contributed by atoms with Crippen LogP contribution in [0.25, 0.3) is 0 Å². The first-order valence-corrected chi connectivity index (χ1v) is 6.52. The molecule has 0 radical (unpaired) electrons. The number of nitrogens with two attached hydrogens (primary N) is 2. The highest BCUT2D eigenvalue weighted by molar-refractivity contribution is 6.23. The van der Waals surface area contributed by atoms with Crippen molar-refractivity contribution in [3.8, 4) is 5.75 Å². The van der Waals surface area contributed by atoms with Gasteiger partial charge < -0.3 is 21.7 Å². The number of benzene rings is 1. The summed E-state index contributed by atoms with van der Waals surface area (Å²) >= 11 is 0. The van der Waals surface area contributed by atoms with Gasteiger partial charge in [-0.3, -0.25) is 9.59 Å². The molecule has 0 spiro atoms. The van der Waals surface area contributed by atoms with Gasteiger partial charge in [0.05, 0.1) is 16.7 Å². The highest BCUT2D eigenvalue weighted by atomic mass is 16.3. The minimum absolute atomic E-state index is 0.0283. The lowest BCUT2D eigenvalue weighted by atomic mass is 9.94. The largest absolute Gasteiger partial charge is 0.508 e. The first kappa shape index (κ1) is 15.4. The zero-order valence-corrected chi connectivity index (χ0v) is 12.0. The number of aliphatic hydroxyl groups excluding tert-OH is 1. The number of ketones is 2. The number of rotatable bonds is 2. The summed E-state index contributed by atoms with van der Waals surface area (Å²) in [6, 6.07) is 2.58. The van der Waals surface area contributed by atoms with Crippen LogP contribution in [0.4, 0.5) is 5.69 Å². The number of hydrogen-bond donors (Lipinski definition) is 4. The first-order valence-electron chi connectivity index (χ1n) is 6.52. The molecule has 0 fully saturated rings. The van der Waals surface area contributed by atoms with E-state index in [1.165, 1.54) is 18.2 Å². The molecule has 0 atom stereocenters. The summed E-state index contributed by atoms with van der Waals surface area (Å²) in [6.07, 6.45) is 1.18. The number of carbonyl (C=O) groups excluding carboxylic acids is 2. The highest BCUT2D eigenvalue weighted by Crippen LogP contribution is 2.36. The average molecular weight is 300 g/mol. The van der Waals surface area contributed by atoms with E-state index >= 15 is 0 Å². The number of carbonyl (C=O) groups is 2. The topological polar surface area (TPSA) is 127 Å². The average Bonchev–Trinajstić information content (AvgIpc) is 2.58. The maximum Gasteiger partial charge on any atom is 0.200 e. The van der Waals surface area contributed by atoms with Crippen molar-refractivity contribution in [1.82, 2.24) is 0 Å². The van der Waals surface area contributed by atoms with Gasteiger partial charge in [-0.05, 0) is 19.1 Å². The number of phenolic OH excluding ortho intramolecular Hbond substituents is 1. The Labute approximate surface area is 127 Å². The predicted molar refractivity (Wildman–Crippen MR) is 82.5 cm³/mol. The van der Waals surface area contributed by atoms with Crippen LogP contribution in [-0.4, -0.2) is 21.8 Å². The smallest absolute Gasteiger partial charge is 0.200 e. The summed E-state index contributed by atoms with van der Waals surface area (Å²) in [7, 11) is 0. The molecule has 1 aromatic carbocycles. The SMILES string of the molecule is C=C(O)C1=C(/C(N)=C\C)C(=O)c2c(O)ccc(N)c2C(=O)C1. The van der Waals surface area contributed by atoms with Gasteiger partial charge in [0.25, 0.3) is 0 Å². The quantitative estimate of drug-likeness (QED) is 0.376. The fourth-order valence-corrected chi connectivity index (χ4v) is 2.43. The molecule has 0 amide bonds. The van der Waals surface area contributed by atoms with E-state index < -0.39 is 17.3 Å². The second kappa shape index (κ2) is 5.40. The molecule has 0 aromatic heterocycles. The van der Waals surface area contributed by atoms with E-state index in [1.54, 1.807) is 6.92 Å². The lowest BCUT2D eigenvalue weighted by Gasteiger charge is -2.12. The molecular formula is C16H16N2O4. The van der Waals surface area contributed by atoms with Crippen molar-refractivity contribution in [3.63, 3.8) is 0 Å². The lowest BCUT2D eigenvalue weighted by molar-refractivity contribution is 0.0982. The third-order valence-electron chi connectivity index (χ3n) is 3.54. The van der Waals surface area contributed by atoms with Crippen LogP contribution < -0.4 is 11.5 Å². The Morgan fingerprint density at radius 2 is 1.95 bits per heavy atom. The normalized spacial score (nSPS) is 15.6. The molecule has 2 rings (SSSR count). The molecule has 0 saturated carbocycles. The molecular weight excluding hydrogens is 284 g/mol. The van der Waals surface area contributed by atoms with Crippen LogP contribution in [0.15, 0.2) is 47.4 Å². The Kier molecular flexibility index (Phi) is 3.77. The molecule has 22 heavy (non-hydrogen) atoms. The van der Waals surface area contributed by atoms with Crippen LogP contribution in [0.2, 0.25) is 0 Å². The summed E-state index contributed by atoms with van der Waals surface area (Å²) in [5.74, 6) is -1.96. The van der Waals surface area contributed by atoms with Crippen molar-refractivity contribution in [3.05, 3.63) is 58.5 Å². The number of aromatic hydroxyl groups is 1. The van der Waals surface area contributed by atoms with E-state index in [0.29, 0.717) is 0 Å². The zero-order chi connectivity index (χ0) is 16.6. The Balaban J connectivity index is 2.89. The van der Waals surface area contributed by atoms with Crippen molar-refractivity contribution in [2.24, 2.45) is 5.73 Å². The van der Waals surface area contributed by atoms with Crippen molar-refractivity contribution in [2.75, 3.05) is 5.73 Å². The summed E-state index contributed by atoms with van der Waals surface area (Å²) in [5.41, 5.74) is 11.5. The number of Topliss-reactive ketones (excluding diaryl/α,β-unsaturated/α-hetero) is 2. The minimum atomic E-state index is -0.675. The monoisotopic (exact) mass is 300 g/mol. The molecule has 114 valence electrons. The number of hydrogen-bond acceptors (Lipinski definition) is 6. The predicted octanol–water partition coefficient (Wildman–Crippen LogP) is 1.97. The second-order valence-corrected chi connectivity index (χ2v) is 4.90. The third-order valence-corrected chi connectivity index (χ3v) is 3.54. The number of anilines is 1. The van der Waals surface area contributed by atoms with Gasteiger partial charge in [-0.1, -0.05) is 12.7 Å². The molecule has 1 aromatic rings. The van der Waals surface area contributed by atoms with Gasteiger partial charge in [0.15, 0.2) is 11.6 Å². The van der Waals surface area contributed by atoms with E-state index in [1.807, 2.05) is 0 Å². The molecule has 1 aliphatic rings. The van der Waals surface area contributed by atoms with Crippen LogP contribution in [0.1, 0.15) is 34.1 Å². The summed E-state index contributed by atoms with van der Waals surface area (Å²) in [4.78, 5) is 25.2. The fraction of sp³-hybridized carbons (Fsp3) is 0.125. The number of nitrogen functional groups attached to an aromatic ring is 1. The third kappa shape index (κ3) is 2.24. The van der Waals surface area contributed by atoms with Gasteiger partial charge in [-0.15, -0.1) is 0 Å². The molecule has 0 bridgehead atoms. The van der Waals surface area contributed by atoms with Crippen LogP contribution in [-0.2, 0) is 0 Å². The van der Waals surface area contributed by atoms with E-state index in [4.69, 9.17) is 11.5 Å². The molecule has 6 nitrogen and oxygen atoms in total. The maximum atomic E-state index is 12.8. The van der Waals surface area contributed by atoms with Crippen LogP contribution in [0.3, 0.4) is 0 Å². The molecule has 0 heterocycles. The second-order valence-electron chi connectivity index (χ2n) is 4.90. The van der Waals surface area contributed by atoms with E-state index in [9.17, 15) is 19.8 Å². The van der Waals surface area contributed by atoms with Gasteiger partial charge in [0, 0.05) is 23.4 Å². The molecule has 6 heteroatoms. The number of fused-ring (bicyclic) bond motifs is 1. The van der Waals surface area contributed by atoms with E-state index in [-0.39, 0.29) is 45.8 Å². The van der Waals surface area contributed by atoms with Crippen molar-refractivity contribution < 1.29 is 19.8 Å². The summed E-state index contributed by atoms with van der Waals surface area (Å²) in [5, 5.41) is 19.7.